The van der Waals surface area contributed by atoms with Crippen LogP contribution in [0.25, 0.3) is 0 Å². The highest BCUT2D eigenvalue weighted by Gasteiger charge is 2.21. The largest absolute Gasteiger partial charge is 0.497 e. The molecule has 0 radical (unpaired) electrons. The van der Waals surface area contributed by atoms with Gasteiger partial charge in [-0.1, -0.05) is 0 Å². The third-order valence-electron chi connectivity index (χ3n) is 5.66. The van der Waals surface area contributed by atoms with Gasteiger partial charge < -0.3 is 14.5 Å². The van der Waals surface area contributed by atoms with Gasteiger partial charge in [-0.2, -0.15) is 20.1 Å². The Bertz CT molecular complexity index is 807. The predicted octanol–water partition coefficient (Wildman–Crippen LogP) is 3.33. The van der Waals surface area contributed by atoms with Crippen molar-refractivity contribution < 1.29 is 4.74 Å². The molecule has 0 spiro atoms. The van der Waals surface area contributed by atoms with Crippen molar-refractivity contribution in [1.82, 2.24) is 15.0 Å². The summed E-state index contributed by atoms with van der Waals surface area (Å²) in [5.41, 5.74) is 0.990. The van der Waals surface area contributed by atoms with Crippen LogP contribution in [0.4, 0.5) is 17.8 Å². The van der Waals surface area contributed by atoms with E-state index >= 15 is 0 Å². The molecule has 2 aliphatic heterocycles. The van der Waals surface area contributed by atoms with Crippen molar-refractivity contribution in [3.63, 3.8) is 0 Å². The summed E-state index contributed by atoms with van der Waals surface area (Å²) < 4.78 is 5.21. The van der Waals surface area contributed by atoms with E-state index in [9.17, 15) is 0 Å². The van der Waals surface area contributed by atoms with Crippen molar-refractivity contribution in [2.24, 2.45) is 5.10 Å². The molecule has 1 aromatic carbocycles. The van der Waals surface area contributed by atoms with E-state index in [2.05, 4.69) is 14.9 Å². The Balaban J connectivity index is 1.58. The second-order valence-electron chi connectivity index (χ2n) is 7.87. The molecule has 1 aromatic heterocycles. The molecule has 30 heavy (non-hydrogen) atoms. The number of rotatable bonds is 6. The van der Waals surface area contributed by atoms with Crippen molar-refractivity contribution in [1.29, 1.82) is 0 Å². The van der Waals surface area contributed by atoms with Gasteiger partial charge in [-0.05, 0) is 68.4 Å². The van der Waals surface area contributed by atoms with Gasteiger partial charge in [0, 0.05) is 33.2 Å². The number of anilines is 3. The molecule has 2 aliphatic rings. The molecule has 0 N–H and O–H groups in total. The molecule has 0 unspecified atom stereocenters. The van der Waals surface area contributed by atoms with E-state index in [1.807, 2.05) is 37.5 Å². The summed E-state index contributed by atoms with van der Waals surface area (Å²) >= 11 is 0. The van der Waals surface area contributed by atoms with Gasteiger partial charge in [0.2, 0.25) is 11.9 Å². The van der Waals surface area contributed by atoms with E-state index in [0.29, 0.717) is 5.95 Å². The number of hydrogen-bond acceptors (Lipinski definition) is 8. The zero-order chi connectivity index (χ0) is 20.8. The lowest BCUT2D eigenvalue weighted by atomic mass is 10.1. The number of benzene rings is 1. The van der Waals surface area contributed by atoms with Crippen LogP contribution >= 0.6 is 0 Å². The number of nitrogens with zero attached hydrogens (tertiary/aromatic N) is 7. The van der Waals surface area contributed by atoms with Crippen molar-refractivity contribution in [3.05, 3.63) is 29.8 Å². The lowest BCUT2D eigenvalue weighted by Gasteiger charge is -2.30. The first kappa shape index (κ1) is 20.4. The molecular weight excluding hydrogens is 378 g/mol. The van der Waals surface area contributed by atoms with Crippen molar-refractivity contribution in [2.45, 2.75) is 38.5 Å². The normalized spacial score (nSPS) is 17.4. The first-order valence-corrected chi connectivity index (χ1v) is 10.9. The summed E-state index contributed by atoms with van der Waals surface area (Å²) in [6, 6.07) is 7.80. The van der Waals surface area contributed by atoms with Crippen LogP contribution in [0.15, 0.2) is 29.4 Å². The monoisotopic (exact) mass is 409 g/mol. The smallest absolute Gasteiger partial charge is 0.252 e. The van der Waals surface area contributed by atoms with Gasteiger partial charge in [0.1, 0.15) is 5.75 Å². The number of hydrazone groups is 1. The third-order valence-corrected chi connectivity index (χ3v) is 5.66. The number of methoxy groups -OCH3 is 1. The molecule has 8 nitrogen and oxygen atoms in total. The van der Waals surface area contributed by atoms with Crippen molar-refractivity contribution in [2.75, 3.05) is 55.1 Å². The molecule has 0 amide bonds. The minimum atomic E-state index is 0.580. The standard InChI is InChI=1S/C22H31N7O/c1-27(23-17-18-9-11-19(30-2)12-10-18)20-24-21(28-13-5-3-6-14-28)26-22(25-20)29-15-7-4-8-16-29/h9-12,17H,3-8,13-16H2,1-2H3. The number of hydrogen-bond donors (Lipinski definition) is 0. The molecule has 2 aromatic rings. The van der Waals surface area contributed by atoms with Crippen LogP contribution in [0.2, 0.25) is 0 Å². The highest BCUT2D eigenvalue weighted by atomic mass is 16.5. The Hall–Kier alpha value is -2.90. The minimum Gasteiger partial charge on any atom is -0.497 e. The molecular formula is C22H31N7O. The molecule has 8 heteroatoms. The topological polar surface area (TPSA) is 70.0 Å². The van der Waals surface area contributed by atoms with Gasteiger partial charge in [-0.3, -0.25) is 0 Å². The van der Waals surface area contributed by atoms with Gasteiger partial charge in [-0.15, -0.1) is 0 Å². The Kier molecular flexibility index (Phi) is 6.61. The molecule has 3 heterocycles. The maximum Gasteiger partial charge on any atom is 0.252 e. The lowest BCUT2D eigenvalue weighted by Crippen LogP contribution is -2.35. The zero-order valence-corrected chi connectivity index (χ0v) is 18.0. The molecule has 160 valence electrons. The lowest BCUT2D eigenvalue weighted by molar-refractivity contribution is 0.415. The van der Waals surface area contributed by atoms with E-state index in [1.54, 1.807) is 12.1 Å². The van der Waals surface area contributed by atoms with Crippen LogP contribution in [0.3, 0.4) is 0 Å². The first-order valence-electron chi connectivity index (χ1n) is 10.9. The average Bonchev–Trinajstić information content (AvgIpc) is 2.83. The van der Waals surface area contributed by atoms with Gasteiger partial charge >= 0.3 is 0 Å². The Morgan fingerprint density at radius 3 is 1.87 bits per heavy atom. The van der Waals surface area contributed by atoms with Gasteiger partial charge in [0.05, 0.1) is 13.3 Å². The quantitative estimate of drug-likeness (QED) is 0.535. The summed E-state index contributed by atoms with van der Waals surface area (Å²) in [7, 11) is 3.55. The molecule has 0 saturated carbocycles. The first-order chi connectivity index (χ1) is 14.7. The van der Waals surface area contributed by atoms with E-state index in [4.69, 9.17) is 19.7 Å². The maximum absolute atomic E-state index is 5.21. The SMILES string of the molecule is COc1ccc(C=NN(C)c2nc(N3CCCCC3)nc(N3CCCCC3)n2)cc1. The van der Waals surface area contributed by atoms with E-state index in [1.165, 1.54) is 38.5 Å². The van der Waals surface area contributed by atoms with E-state index in [0.717, 1.165) is 49.4 Å². The van der Waals surface area contributed by atoms with E-state index < -0.39 is 0 Å². The molecule has 0 aliphatic carbocycles. The molecule has 4 rings (SSSR count). The summed E-state index contributed by atoms with van der Waals surface area (Å²) in [5.74, 6) is 2.95. The highest BCUT2D eigenvalue weighted by molar-refractivity contribution is 5.80. The fraction of sp³-hybridized carbons (Fsp3) is 0.545. The van der Waals surface area contributed by atoms with Crippen LogP contribution < -0.4 is 19.5 Å². The van der Waals surface area contributed by atoms with Crippen molar-refractivity contribution >= 4 is 24.1 Å². The van der Waals surface area contributed by atoms with Gasteiger partial charge in [-0.25, -0.2) is 5.01 Å². The second kappa shape index (κ2) is 9.73. The third kappa shape index (κ3) is 4.98. The predicted molar refractivity (Wildman–Crippen MR) is 121 cm³/mol. The average molecular weight is 410 g/mol. The Morgan fingerprint density at radius 1 is 0.833 bits per heavy atom. The molecule has 2 fully saturated rings. The Morgan fingerprint density at radius 2 is 1.37 bits per heavy atom. The minimum absolute atomic E-state index is 0.580. The molecule has 0 bridgehead atoms. The summed E-state index contributed by atoms with van der Waals surface area (Å²) in [6.45, 7) is 4.01. The van der Waals surface area contributed by atoms with Crippen LogP contribution in [-0.4, -0.2) is 61.5 Å². The maximum atomic E-state index is 5.21. The number of ether oxygens (including phenoxy) is 1. The van der Waals surface area contributed by atoms with Crippen LogP contribution in [0.5, 0.6) is 5.75 Å². The van der Waals surface area contributed by atoms with Crippen LogP contribution in [0, 0.1) is 0 Å². The highest BCUT2D eigenvalue weighted by Crippen LogP contribution is 2.23. The summed E-state index contributed by atoms with van der Waals surface area (Å²) in [5, 5.41) is 6.30. The van der Waals surface area contributed by atoms with E-state index in [-0.39, 0.29) is 0 Å². The summed E-state index contributed by atoms with van der Waals surface area (Å²) in [6.07, 6.45) is 9.11. The van der Waals surface area contributed by atoms with Gasteiger partial charge in [0.25, 0.3) is 5.95 Å². The zero-order valence-electron chi connectivity index (χ0n) is 18.0. The van der Waals surface area contributed by atoms with Crippen LogP contribution in [-0.2, 0) is 0 Å². The fourth-order valence-corrected chi connectivity index (χ4v) is 3.85. The van der Waals surface area contributed by atoms with Crippen LogP contribution in [0.1, 0.15) is 44.1 Å². The molecule has 0 atom stereocenters. The number of piperidine rings is 2. The fourth-order valence-electron chi connectivity index (χ4n) is 3.85. The summed E-state index contributed by atoms with van der Waals surface area (Å²) in [4.78, 5) is 18.9. The van der Waals surface area contributed by atoms with Crippen molar-refractivity contribution in [3.8, 4) is 5.75 Å². The number of aromatic nitrogens is 3. The second-order valence-corrected chi connectivity index (χ2v) is 7.87. The molecule has 2 saturated heterocycles. The van der Waals surface area contributed by atoms with Gasteiger partial charge in [0.15, 0.2) is 0 Å². The Labute approximate surface area is 178 Å².